The van der Waals surface area contributed by atoms with Crippen LogP contribution in [0.15, 0.2) is 0 Å². The van der Waals surface area contributed by atoms with Gasteiger partial charge in [-0.15, -0.1) is 0 Å². The zero-order chi connectivity index (χ0) is 12.4. The zero-order valence-electron chi connectivity index (χ0n) is 10.8. The fraction of sp³-hybridized carbons (Fsp3) is 0.923. The number of nitrogens with zero attached hydrogens (tertiary/aromatic N) is 1. The van der Waals surface area contributed by atoms with Crippen LogP contribution in [0.3, 0.4) is 0 Å². The average Bonchev–Trinajstić information content (AvgIpc) is 3.11. The van der Waals surface area contributed by atoms with Crippen LogP contribution < -0.4 is 5.32 Å². The van der Waals surface area contributed by atoms with Gasteiger partial charge >= 0.3 is 0 Å². The quantitative estimate of drug-likeness (QED) is 0.754. The molecule has 0 unspecified atom stereocenters. The van der Waals surface area contributed by atoms with E-state index in [1.54, 1.807) is 0 Å². The molecule has 18 heavy (non-hydrogen) atoms. The molecule has 3 aliphatic heterocycles. The minimum Gasteiger partial charge on any atom is -0.375 e. The Kier molecular flexibility index (Phi) is 3.82. The first kappa shape index (κ1) is 12.4. The van der Waals surface area contributed by atoms with E-state index >= 15 is 0 Å². The summed E-state index contributed by atoms with van der Waals surface area (Å²) in [5, 5.41) is 3.26. The third kappa shape index (κ3) is 2.53. The van der Waals surface area contributed by atoms with E-state index in [2.05, 4.69) is 5.32 Å². The van der Waals surface area contributed by atoms with E-state index in [0.29, 0.717) is 19.1 Å². The normalized spacial score (nSPS) is 37.1. The molecule has 0 aromatic carbocycles. The van der Waals surface area contributed by atoms with Crippen LogP contribution in [0.1, 0.15) is 19.3 Å². The molecule has 3 rings (SSSR count). The van der Waals surface area contributed by atoms with E-state index in [1.807, 2.05) is 4.90 Å². The fourth-order valence-corrected chi connectivity index (χ4v) is 3.12. The van der Waals surface area contributed by atoms with E-state index in [9.17, 15) is 4.79 Å². The summed E-state index contributed by atoms with van der Waals surface area (Å²) in [5.41, 5.74) is 0. The lowest BCUT2D eigenvalue weighted by Gasteiger charge is -2.36. The van der Waals surface area contributed by atoms with Crippen molar-refractivity contribution >= 4 is 5.91 Å². The topological polar surface area (TPSA) is 50.8 Å². The fourth-order valence-electron chi connectivity index (χ4n) is 3.12. The number of ether oxygens (including phenoxy) is 2. The van der Waals surface area contributed by atoms with E-state index in [4.69, 9.17) is 9.47 Å². The van der Waals surface area contributed by atoms with Gasteiger partial charge in [0.05, 0.1) is 18.6 Å². The Balaban J connectivity index is 1.57. The molecule has 0 radical (unpaired) electrons. The van der Waals surface area contributed by atoms with Crippen LogP contribution in [0, 0.1) is 5.92 Å². The van der Waals surface area contributed by atoms with Crippen molar-refractivity contribution in [1.82, 2.24) is 10.2 Å². The smallest absolute Gasteiger partial charge is 0.227 e. The standard InChI is InChI=1S/C13H22N2O3/c16-13(10-3-4-14-8-10)15-5-7-18-12(9-15)11-2-1-6-17-11/h10-12,14H,1-9H2/t10-,11-,12-/m1/s1. The minimum atomic E-state index is 0.0829. The highest BCUT2D eigenvalue weighted by molar-refractivity contribution is 5.79. The van der Waals surface area contributed by atoms with E-state index < -0.39 is 0 Å². The molecule has 0 aromatic rings. The van der Waals surface area contributed by atoms with Gasteiger partial charge in [-0.25, -0.2) is 0 Å². The first-order valence-electron chi connectivity index (χ1n) is 7.07. The first-order valence-corrected chi connectivity index (χ1v) is 7.07. The summed E-state index contributed by atoms with van der Waals surface area (Å²) in [7, 11) is 0. The molecule has 3 saturated heterocycles. The lowest BCUT2D eigenvalue weighted by Crippen LogP contribution is -2.51. The molecule has 102 valence electrons. The maximum Gasteiger partial charge on any atom is 0.227 e. The third-order valence-corrected chi connectivity index (χ3v) is 4.19. The number of rotatable bonds is 2. The number of hydrogen-bond acceptors (Lipinski definition) is 4. The van der Waals surface area contributed by atoms with Gasteiger partial charge in [0.1, 0.15) is 6.10 Å². The Morgan fingerprint density at radius 2 is 2.06 bits per heavy atom. The summed E-state index contributed by atoms with van der Waals surface area (Å²) in [4.78, 5) is 14.3. The van der Waals surface area contributed by atoms with Crippen LogP contribution in [0.25, 0.3) is 0 Å². The largest absolute Gasteiger partial charge is 0.375 e. The predicted octanol–water partition coefficient (Wildman–Crippen LogP) is 0.00230. The summed E-state index contributed by atoms with van der Waals surface area (Å²) in [5.74, 6) is 0.472. The Hall–Kier alpha value is -0.650. The van der Waals surface area contributed by atoms with Gasteiger partial charge in [-0.2, -0.15) is 0 Å². The van der Waals surface area contributed by atoms with Crippen LogP contribution in [-0.2, 0) is 14.3 Å². The van der Waals surface area contributed by atoms with Gasteiger partial charge in [0.15, 0.2) is 0 Å². The summed E-state index contributed by atoms with van der Waals surface area (Å²) < 4.78 is 11.4. The van der Waals surface area contributed by atoms with Crippen molar-refractivity contribution < 1.29 is 14.3 Å². The maximum absolute atomic E-state index is 12.4. The molecule has 5 nitrogen and oxygen atoms in total. The third-order valence-electron chi connectivity index (χ3n) is 4.19. The number of carbonyl (C=O) groups is 1. The van der Waals surface area contributed by atoms with Crippen LogP contribution >= 0.6 is 0 Å². The molecule has 3 aliphatic rings. The number of hydrogen-bond donors (Lipinski definition) is 1. The lowest BCUT2D eigenvalue weighted by molar-refractivity contribution is -0.148. The van der Waals surface area contributed by atoms with Gasteiger partial charge in [0.25, 0.3) is 0 Å². The average molecular weight is 254 g/mol. The van der Waals surface area contributed by atoms with Crippen molar-refractivity contribution in [1.29, 1.82) is 0 Å². The molecule has 0 aromatic heterocycles. The van der Waals surface area contributed by atoms with Crippen molar-refractivity contribution in [3.63, 3.8) is 0 Å². The monoisotopic (exact) mass is 254 g/mol. The summed E-state index contributed by atoms with van der Waals surface area (Å²) in [6.45, 7) is 4.73. The minimum absolute atomic E-state index is 0.0829. The summed E-state index contributed by atoms with van der Waals surface area (Å²) in [6, 6.07) is 0. The van der Waals surface area contributed by atoms with Gasteiger partial charge in [-0.05, 0) is 25.8 Å². The molecular weight excluding hydrogens is 232 g/mol. The first-order chi connectivity index (χ1) is 8.84. The van der Waals surface area contributed by atoms with Crippen LogP contribution in [-0.4, -0.2) is 62.4 Å². The van der Waals surface area contributed by atoms with Crippen LogP contribution in [0.4, 0.5) is 0 Å². The molecule has 1 N–H and O–H groups in total. The lowest BCUT2D eigenvalue weighted by atomic mass is 10.0. The van der Waals surface area contributed by atoms with Crippen molar-refractivity contribution in [2.24, 2.45) is 5.92 Å². The van der Waals surface area contributed by atoms with Gasteiger partial charge in [-0.3, -0.25) is 4.79 Å². The van der Waals surface area contributed by atoms with E-state index in [-0.39, 0.29) is 18.1 Å². The summed E-state index contributed by atoms with van der Waals surface area (Å²) in [6.07, 6.45) is 3.44. The Bertz CT molecular complexity index is 299. The van der Waals surface area contributed by atoms with Crippen molar-refractivity contribution in [3.05, 3.63) is 0 Å². The maximum atomic E-state index is 12.4. The number of carbonyl (C=O) groups excluding carboxylic acids is 1. The Morgan fingerprint density at radius 3 is 2.78 bits per heavy atom. The van der Waals surface area contributed by atoms with Crippen molar-refractivity contribution in [2.75, 3.05) is 39.4 Å². The highest BCUT2D eigenvalue weighted by Crippen LogP contribution is 2.22. The van der Waals surface area contributed by atoms with Gasteiger partial charge < -0.3 is 19.7 Å². The molecule has 1 amide bonds. The highest BCUT2D eigenvalue weighted by Gasteiger charge is 2.35. The van der Waals surface area contributed by atoms with Gasteiger partial charge in [0.2, 0.25) is 5.91 Å². The highest BCUT2D eigenvalue weighted by atomic mass is 16.5. The molecule has 3 atom stereocenters. The van der Waals surface area contributed by atoms with Crippen LogP contribution in [0.2, 0.25) is 0 Å². The second-order valence-corrected chi connectivity index (χ2v) is 5.43. The Labute approximate surface area is 108 Å². The molecule has 3 heterocycles. The molecule has 0 bridgehead atoms. The molecule has 0 aliphatic carbocycles. The van der Waals surface area contributed by atoms with E-state index in [0.717, 1.165) is 45.5 Å². The van der Waals surface area contributed by atoms with Crippen LogP contribution in [0.5, 0.6) is 0 Å². The molecule has 5 heteroatoms. The second kappa shape index (κ2) is 5.55. The molecule has 0 spiro atoms. The number of morpholine rings is 1. The summed E-state index contributed by atoms with van der Waals surface area (Å²) >= 11 is 0. The molecular formula is C13H22N2O3. The zero-order valence-corrected chi connectivity index (χ0v) is 10.8. The predicted molar refractivity (Wildman–Crippen MR) is 66.3 cm³/mol. The molecule has 0 saturated carbocycles. The van der Waals surface area contributed by atoms with Gasteiger partial charge in [-0.1, -0.05) is 0 Å². The molecule has 3 fully saturated rings. The van der Waals surface area contributed by atoms with Crippen molar-refractivity contribution in [3.8, 4) is 0 Å². The number of nitrogens with one attached hydrogen (secondary N) is 1. The number of amides is 1. The van der Waals surface area contributed by atoms with E-state index in [1.165, 1.54) is 0 Å². The second-order valence-electron chi connectivity index (χ2n) is 5.43. The SMILES string of the molecule is O=C([C@@H]1CCNC1)N1CCO[C@@H]([C@H]2CCCO2)C1. The van der Waals surface area contributed by atoms with Gasteiger partial charge in [0, 0.05) is 26.2 Å². The Morgan fingerprint density at radius 1 is 1.17 bits per heavy atom. The van der Waals surface area contributed by atoms with Crippen molar-refractivity contribution in [2.45, 2.75) is 31.5 Å².